The Bertz CT molecular complexity index is 1550. The Hall–Kier alpha value is -3.52. The van der Waals surface area contributed by atoms with Gasteiger partial charge in [0.15, 0.2) is 0 Å². The van der Waals surface area contributed by atoms with E-state index in [1.54, 1.807) is 0 Å². The number of hydrogen-bond acceptors (Lipinski definition) is 2. The molecule has 0 radical (unpaired) electrons. The summed E-state index contributed by atoms with van der Waals surface area (Å²) in [5.74, 6) is 0. The minimum Gasteiger partial charge on any atom is -0.456 e. The van der Waals surface area contributed by atoms with E-state index in [-0.39, 0.29) is 0 Å². The predicted octanol–water partition coefficient (Wildman–Crippen LogP) is 12.2. The van der Waals surface area contributed by atoms with Crippen LogP contribution in [0.15, 0.2) is 77.2 Å². The highest BCUT2D eigenvalue weighted by Gasteiger charge is 2.17. The predicted molar refractivity (Wildman–Crippen MR) is 178 cm³/mol. The molecule has 0 aliphatic rings. The molecule has 214 valence electrons. The van der Waals surface area contributed by atoms with E-state index in [4.69, 9.17) is 4.42 Å². The molecule has 41 heavy (non-hydrogen) atoms. The van der Waals surface area contributed by atoms with Crippen LogP contribution in [0.4, 0.5) is 17.1 Å². The molecule has 0 aliphatic carbocycles. The Morgan fingerprint density at radius 2 is 1.00 bits per heavy atom. The van der Waals surface area contributed by atoms with Crippen molar-refractivity contribution in [2.45, 2.75) is 98.8 Å². The number of anilines is 3. The van der Waals surface area contributed by atoms with Gasteiger partial charge in [-0.25, -0.2) is 0 Å². The number of hydrogen-bond donors (Lipinski definition) is 0. The molecule has 2 nitrogen and oxygen atoms in total. The maximum absolute atomic E-state index is 6.23. The van der Waals surface area contributed by atoms with E-state index in [1.807, 2.05) is 0 Å². The summed E-state index contributed by atoms with van der Waals surface area (Å²) < 4.78 is 6.23. The first kappa shape index (κ1) is 29.0. The molecule has 0 atom stereocenters. The lowest BCUT2D eigenvalue weighted by atomic mass is 9.98. The molecular weight excluding hydrogens is 498 g/mol. The Labute approximate surface area is 247 Å². The van der Waals surface area contributed by atoms with Crippen LogP contribution in [-0.4, -0.2) is 0 Å². The quantitative estimate of drug-likeness (QED) is 0.137. The molecule has 1 heterocycles. The summed E-state index contributed by atoms with van der Waals surface area (Å²) >= 11 is 0. The topological polar surface area (TPSA) is 16.4 Å². The molecule has 0 fully saturated rings. The largest absolute Gasteiger partial charge is 0.456 e. The van der Waals surface area contributed by atoms with Crippen molar-refractivity contribution in [1.29, 1.82) is 0 Å². The summed E-state index contributed by atoms with van der Waals surface area (Å²) in [4.78, 5) is 2.46. The molecular formula is C39H47NO. The molecule has 0 N–H and O–H groups in total. The molecule has 0 saturated carbocycles. The third kappa shape index (κ3) is 6.70. The van der Waals surface area contributed by atoms with E-state index in [0.717, 1.165) is 24.0 Å². The van der Waals surface area contributed by atoms with Gasteiger partial charge in [0.25, 0.3) is 0 Å². The summed E-state index contributed by atoms with van der Waals surface area (Å²) in [5.41, 5.74) is 12.5. The first-order chi connectivity index (χ1) is 20.0. The lowest BCUT2D eigenvalue weighted by Gasteiger charge is -2.27. The fourth-order valence-electron chi connectivity index (χ4n) is 6.08. The number of unbranched alkanes of at least 4 members (excludes halogenated alkanes) is 6. The summed E-state index contributed by atoms with van der Waals surface area (Å²) in [6, 6.07) is 27.2. The Morgan fingerprint density at radius 1 is 0.512 bits per heavy atom. The monoisotopic (exact) mass is 545 g/mol. The molecule has 5 aromatic rings. The molecule has 0 aliphatic heterocycles. The van der Waals surface area contributed by atoms with Crippen molar-refractivity contribution in [2.75, 3.05) is 4.90 Å². The summed E-state index contributed by atoms with van der Waals surface area (Å²) in [6.45, 7) is 11.2. The van der Waals surface area contributed by atoms with Crippen LogP contribution < -0.4 is 4.90 Å². The highest BCUT2D eigenvalue weighted by atomic mass is 16.3. The van der Waals surface area contributed by atoms with Gasteiger partial charge < -0.3 is 9.32 Å². The fourth-order valence-corrected chi connectivity index (χ4v) is 6.08. The van der Waals surface area contributed by atoms with Gasteiger partial charge in [-0.2, -0.15) is 0 Å². The summed E-state index contributed by atoms with van der Waals surface area (Å²) in [7, 11) is 0. The number of rotatable bonds is 13. The second-order valence-electron chi connectivity index (χ2n) is 12.0. The third-order valence-corrected chi connectivity index (χ3v) is 8.65. The van der Waals surface area contributed by atoms with Gasteiger partial charge in [-0.3, -0.25) is 0 Å². The Balaban J connectivity index is 1.60. The van der Waals surface area contributed by atoms with Crippen LogP contribution in [-0.2, 0) is 12.8 Å². The van der Waals surface area contributed by atoms with Crippen molar-refractivity contribution >= 4 is 39.0 Å². The van der Waals surface area contributed by atoms with Crippen LogP contribution in [0.2, 0.25) is 0 Å². The summed E-state index contributed by atoms with van der Waals surface area (Å²) in [5, 5.41) is 2.35. The van der Waals surface area contributed by atoms with Gasteiger partial charge in [-0.1, -0.05) is 76.1 Å². The third-order valence-electron chi connectivity index (χ3n) is 8.65. The number of furan rings is 1. The van der Waals surface area contributed by atoms with Crippen LogP contribution in [0, 0.1) is 20.8 Å². The first-order valence-electron chi connectivity index (χ1n) is 15.9. The summed E-state index contributed by atoms with van der Waals surface area (Å²) in [6.07, 6.45) is 12.5. The van der Waals surface area contributed by atoms with E-state index < -0.39 is 0 Å². The molecule has 5 rings (SSSR count). The molecule has 1 aromatic heterocycles. The molecule has 0 spiro atoms. The molecule has 4 aromatic carbocycles. The van der Waals surface area contributed by atoms with E-state index in [0.29, 0.717) is 0 Å². The molecule has 0 saturated heterocycles. The van der Waals surface area contributed by atoms with E-state index in [2.05, 4.69) is 112 Å². The minimum atomic E-state index is 0.940. The van der Waals surface area contributed by atoms with Gasteiger partial charge in [0.05, 0.1) is 0 Å². The van der Waals surface area contributed by atoms with E-state index >= 15 is 0 Å². The van der Waals surface area contributed by atoms with Gasteiger partial charge in [0.2, 0.25) is 0 Å². The van der Waals surface area contributed by atoms with Gasteiger partial charge in [-0.05, 0) is 123 Å². The van der Waals surface area contributed by atoms with Crippen LogP contribution in [0.25, 0.3) is 21.9 Å². The van der Waals surface area contributed by atoms with Crippen molar-refractivity contribution in [2.24, 2.45) is 0 Å². The Morgan fingerprint density at radius 3 is 1.56 bits per heavy atom. The average Bonchev–Trinajstić information content (AvgIpc) is 3.33. The van der Waals surface area contributed by atoms with Crippen LogP contribution in [0.3, 0.4) is 0 Å². The minimum absolute atomic E-state index is 0.940. The molecule has 2 heteroatoms. The maximum atomic E-state index is 6.23. The number of nitrogens with zero attached hydrogens (tertiary/aromatic N) is 1. The van der Waals surface area contributed by atoms with Crippen molar-refractivity contribution in [1.82, 2.24) is 0 Å². The zero-order valence-corrected chi connectivity index (χ0v) is 25.9. The highest BCUT2D eigenvalue weighted by molar-refractivity contribution is 6.06. The number of aryl methyl sites for hydroxylation is 5. The lowest BCUT2D eigenvalue weighted by Crippen LogP contribution is -2.11. The zero-order chi connectivity index (χ0) is 28.8. The van der Waals surface area contributed by atoms with Crippen molar-refractivity contribution in [3.8, 4) is 0 Å². The van der Waals surface area contributed by atoms with Crippen LogP contribution >= 0.6 is 0 Å². The number of benzene rings is 4. The smallest absolute Gasteiger partial charge is 0.135 e. The standard InChI is InChI=1S/C39H47NO/c1-6-8-10-12-14-31-25-33(19-17-29(31)4)40(34-20-18-30(5)32(26-34)15-13-11-9-7-2)35-21-23-39-37(27-35)36-24-28(3)16-22-38(36)41-39/h16-27H,6-15H2,1-5H3. The normalized spacial score (nSPS) is 11.5. The number of fused-ring (bicyclic) bond motifs is 3. The first-order valence-corrected chi connectivity index (χ1v) is 15.9. The van der Waals surface area contributed by atoms with Crippen molar-refractivity contribution in [3.63, 3.8) is 0 Å². The molecule has 0 bridgehead atoms. The van der Waals surface area contributed by atoms with Gasteiger partial charge in [-0.15, -0.1) is 0 Å². The van der Waals surface area contributed by atoms with Crippen molar-refractivity contribution in [3.05, 3.63) is 101 Å². The Kier molecular flexibility index (Phi) is 9.49. The highest BCUT2D eigenvalue weighted by Crippen LogP contribution is 2.40. The van der Waals surface area contributed by atoms with Crippen molar-refractivity contribution < 1.29 is 4.42 Å². The molecule has 0 unspecified atom stereocenters. The van der Waals surface area contributed by atoms with Gasteiger partial charge >= 0.3 is 0 Å². The second-order valence-corrected chi connectivity index (χ2v) is 12.0. The van der Waals surface area contributed by atoms with E-state index in [1.165, 1.54) is 107 Å². The van der Waals surface area contributed by atoms with Gasteiger partial charge in [0, 0.05) is 27.8 Å². The SMILES string of the molecule is CCCCCCc1cc(N(c2ccc(C)c(CCCCCC)c2)c2ccc3oc4ccc(C)cc4c3c2)ccc1C. The fraction of sp³-hybridized carbons (Fsp3) is 0.385. The lowest BCUT2D eigenvalue weighted by molar-refractivity contribution is 0.665. The van der Waals surface area contributed by atoms with Crippen LogP contribution in [0.5, 0.6) is 0 Å². The maximum Gasteiger partial charge on any atom is 0.135 e. The van der Waals surface area contributed by atoms with E-state index in [9.17, 15) is 0 Å². The van der Waals surface area contributed by atoms with Crippen LogP contribution in [0.1, 0.15) is 93.0 Å². The second kappa shape index (κ2) is 13.4. The zero-order valence-electron chi connectivity index (χ0n) is 25.9. The van der Waals surface area contributed by atoms with Gasteiger partial charge in [0.1, 0.15) is 11.2 Å². The molecule has 0 amide bonds. The average molecular weight is 546 g/mol.